The molecular formula is C14H21FN2. The Kier molecular flexibility index (Phi) is 4.00. The lowest BCUT2D eigenvalue weighted by Crippen LogP contribution is -2.23. The molecule has 3 heteroatoms. The van der Waals surface area contributed by atoms with Gasteiger partial charge < -0.3 is 10.2 Å². The van der Waals surface area contributed by atoms with Gasteiger partial charge in [0.05, 0.1) is 5.69 Å². The molecule has 1 aliphatic rings. The van der Waals surface area contributed by atoms with E-state index in [-0.39, 0.29) is 5.82 Å². The number of para-hydroxylation sites is 1. The van der Waals surface area contributed by atoms with E-state index in [1.807, 2.05) is 6.07 Å². The van der Waals surface area contributed by atoms with Crippen LogP contribution in [0.3, 0.4) is 0 Å². The number of hydrogen-bond donors (Lipinski definition) is 1. The molecule has 1 aromatic carbocycles. The molecule has 1 aliphatic heterocycles. The highest BCUT2D eigenvalue weighted by atomic mass is 19.1. The summed E-state index contributed by atoms with van der Waals surface area (Å²) in [5.74, 6) is 0.580. The van der Waals surface area contributed by atoms with Crippen LogP contribution in [0.4, 0.5) is 10.1 Å². The molecule has 17 heavy (non-hydrogen) atoms. The minimum absolute atomic E-state index is 0.0884. The van der Waals surface area contributed by atoms with Crippen molar-refractivity contribution in [3.05, 3.63) is 29.6 Å². The van der Waals surface area contributed by atoms with Crippen molar-refractivity contribution in [2.45, 2.75) is 26.8 Å². The quantitative estimate of drug-likeness (QED) is 0.864. The molecule has 0 aromatic heterocycles. The fraction of sp³-hybridized carbons (Fsp3) is 0.571. The van der Waals surface area contributed by atoms with Gasteiger partial charge in [0.15, 0.2) is 0 Å². The lowest BCUT2D eigenvalue weighted by molar-refractivity contribution is 0.613. The maximum absolute atomic E-state index is 14.0. The van der Waals surface area contributed by atoms with Gasteiger partial charge in [0.25, 0.3) is 0 Å². The van der Waals surface area contributed by atoms with Gasteiger partial charge >= 0.3 is 0 Å². The largest absolute Gasteiger partial charge is 0.369 e. The Bertz CT molecular complexity index is 378. The molecule has 1 fully saturated rings. The van der Waals surface area contributed by atoms with Crippen LogP contribution in [0.15, 0.2) is 18.2 Å². The first kappa shape index (κ1) is 12.4. The third-order valence-electron chi connectivity index (χ3n) is 3.38. The standard InChI is InChI=1S/C14H21FN2/c1-3-16-9-12-5-4-6-13(15)14(12)17-8-7-11(2)10-17/h4-6,11,16H,3,7-10H2,1-2H3. The summed E-state index contributed by atoms with van der Waals surface area (Å²) in [5, 5.41) is 3.27. The van der Waals surface area contributed by atoms with E-state index in [1.54, 1.807) is 12.1 Å². The van der Waals surface area contributed by atoms with Crippen LogP contribution < -0.4 is 10.2 Å². The van der Waals surface area contributed by atoms with Crippen molar-refractivity contribution in [2.24, 2.45) is 5.92 Å². The third kappa shape index (κ3) is 2.78. The second-order valence-corrected chi connectivity index (χ2v) is 4.87. The molecule has 0 aliphatic carbocycles. The molecule has 2 rings (SSSR count). The van der Waals surface area contributed by atoms with E-state index in [9.17, 15) is 4.39 Å². The molecule has 1 atom stereocenters. The van der Waals surface area contributed by atoms with Crippen molar-refractivity contribution in [1.82, 2.24) is 5.32 Å². The molecular weight excluding hydrogens is 215 g/mol. The number of rotatable bonds is 4. The van der Waals surface area contributed by atoms with Crippen LogP contribution >= 0.6 is 0 Å². The van der Waals surface area contributed by atoms with Gasteiger partial charge in [0.2, 0.25) is 0 Å². The summed E-state index contributed by atoms with van der Waals surface area (Å²) >= 11 is 0. The van der Waals surface area contributed by atoms with E-state index in [1.165, 1.54) is 0 Å². The second-order valence-electron chi connectivity index (χ2n) is 4.87. The topological polar surface area (TPSA) is 15.3 Å². The first-order valence-corrected chi connectivity index (χ1v) is 6.45. The molecule has 1 unspecified atom stereocenters. The summed E-state index contributed by atoms with van der Waals surface area (Å²) in [6.45, 7) is 7.89. The Morgan fingerprint density at radius 2 is 2.29 bits per heavy atom. The van der Waals surface area contributed by atoms with Gasteiger partial charge in [-0.1, -0.05) is 26.0 Å². The molecule has 0 amide bonds. The van der Waals surface area contributed by atoms with E-state index >= 15 is 0 Å². The Labute approximate surface area is 103 Å². The van der Waals surface area contributed by atoms with Gasteiger partial charge in [-0.25, -0.2) is 4.39 Å². The Balaban J connectivity index is 2.23. The first-order valence-electron chi connectivity index (χ1n) is 6.45. The average Bonchev–Trinajstić information content (AvgIpc) is 2.73. The number of halogens is 1. The SMILES string of the molecule is CCNCc1cccc(F)c1N1CCC(C)C1. The van der Waals surface area contributed by atoms with Gasteiger partial charge in [-0.15, -0.1) is 0 Å². The molecule has 1 N–H and O–H groups in total. The Hall–Kier alpha value is -1.09. The van der Waals surface area contributed by atoms with Crippen LogP contribution in [0.25, 0.3) is 0 Å². The van der Waals surface area contributed by atoms with Crippen molar-refractivity contribution in [2.75, 3.05) is 24.5 Å². The lowest BCUT2D eigenvalue weighted by atomic mass is 10.1. The van der Waals surface area contributed by atoms with Crippen molar-refractivity contribution >= 4 is 5.69 Å². The molecule has 1 aromatic rings. The summed E-state index contributed by atoms with van der Waals surface area (Å²) in [6, 6.07) is 5.38. The zero-order valence-corrected chi connectivity index (χ0v) is 10.7. The second kappa shape index (κ2) is 5.50. The monoisotopic (exact) mass is 236 g/mol. The molecule has 2 nitrogen and oxygen atoms in total. The van der Waals surface area contributed by atoms with E-state index in [2.05, 4.69) is 24.1 Å². The number of nitrogens with one attached hydrogen (secondary N) is 1. The van der Waals surface area contributed by atoms with E-state index in [4.69, 9.17) is 0 Å². The first-order chi connectivity index (χ1) is 8.22. The van der Waals surface area contributed by atoms with Gasteiger partial charge in [0.1, 0.15) is 5.82 Å². The van der Waals surface area contributed by atoms with Crippen LogP contribution in [0.5, 0.6) is 0 Å². The summed E-state index contributed by atoms with van der Waals surface area (Å²) < 4.78 is 14.0. The summed E-state index contributed by atoms with van der Waals surface area (Å²) in [6.07, 6.45) is 1.16. The summed E-state index contributed by atoms with van der Waals surface area (Å²) in [7, 11) is 0. The number of nitrogens with zero attached hydrogens (tertiary/aromatic N) is 1. The van der Waals surface area contributed by atoms with Crippen LogP contribution in [-0.2, 0) is 6.54 Å². The van der Waals surface area contributed by atoms with E-state index in [0.717, 1.165) is 43.9 Å². The normalized spacial score (nSPS) is 19.9. The fourth-order valence-electron chi connectivity index (χ4n) is 2.45. The van der Waals surface area contributed by atoms with Gasteiger partial charge in [-0.3, -0.25) is 0 Å². The molecule has 1 saturated heterocycles. The molecule has 1 heterocycles. The Morgan fingerprint density at radius 3 is 2.94 bits per heavy atom. The van der Waals surface area contributed by atoms with Crippen molar-refractivity contribution in [3.63, 3.8) is 0 Å². The lowest BCUT2D eigenvalue weighted by Gasteiger charge is -2.22. The van der Waals surface area contributed by atoms with Crippen LogP contribution in [0.1, 0.15) is 25.8 Å². The minimum atomic E-state index is -0.0884. The van der Waals surface area contributed by atoms with Gasteiger partial charge in [-0.05, 0) is 30.5 Å². The molecule has 0 bridgehead atoms. The smallest absolute Gasteiger partial charge is 0.146 e. The van der Waals surface area contributed by atoms with E-state index < -0.39 is 0 Å². The third-order valence-corrected chi connectivity index (χ3v) is 3.38. The highest BCUT2D eigenvalue weighted by Gasteiger charge is 2.23. The minimum Gasteiger partial charge on any atom is -0.369 e. The van der Waals surface area contributed by atoms with Crippen LogP contribution in [0, 0.1) is 11.7 Å². The van der Waals surface area contributed by atoms with Crippen molar-refractivity contribution in [1.29, 1.82) is 0 Å². The van der Waals surface area contributed by atoms with Crippen molar-refractivity contribution in [3.8, 4) is 0 Å². The van der Waals surface area contributed by atoms with Crippen LogP contribution in [0.2, 0.25) is 0 Å². The highest BCUT2D eigenvalue weighted by molar-refractivity contribution is 5.55. The van der Waals surface area contributed by atoms with Gasteiger partial charge in [0, 0.05) is 19.6 Å². The zero-order chi connectivity index (χ0) is 12.3. The molecule has 0 radical (unpaired) electrons. The Morgan fingerprint density at radius 1 is 1.47 bits per heavy atom. The zero-order valence-electron chi connectivity index (χ0n) is 10.7. The average molecular weight is 236 g/mol. The molecule has 0 saturated carbocycles. The molecule has 94 valence electrons. The summed E-state index contributed by atoms with van der Waals surface area (Å²) in [4.78, 5) is 2.19. The summed E-state index contributed by atoms with van der Waals surface area (Å²) in [5.41, 5.74) is 1.87. The number of hydrogen-bond acceptors (Lipinski definition) is 2. The van der Waals surface area contributed by atoms with Gasteiger partial charge in [-0.2, -0.15) is 0 Å². The number of benzene rings is 1. The predicted octanol–water partition coefficient (Wildman–Crippen LogP) is 2.78. The fourth-order valence-corrected chi connectivity index (χ4v) is 2.45. The molecule has 0 spiro atoms. The number of anilines is 1. The maximum atomic E-state index is 14.0. The predicted molar refractivity (Wildman–Crippen MR) is 69.8 cm³/mol. The van der Waals surface area contributed by atoms with E-state index in [0.29, 0.717) is 5.92 Å². The van der Waals surface area contributed by atoms with Crippen LogP contribution in [-0.4, -0.2) is 19.6 Å². The highest BCUT2D eigenvalue weighted by Crippen LogP contribution is 2.29. The van der Waals surface area contributed by atoms with Crippen molar-refractivity contribution < 1.29 is 4.39 Å². The maximum Gasteiger partial charge on any atom is 0.146 e.